The quantitative estimate of drug-likeness (QED) is 0.398. The second kappa shape index (κ2) is 4.46. The van der Waals surface area contributed by atoms with Gasteiger partial charge in [-0.15, -0.1) is 0 Å². The lowest BCUT2D eigenvalue weighted by atomic mass is 9.86. The van der Waals surface area contributed by atoms with Crippen LogP contribution in [0.1, 0.15) is 22.8 Å². The first-order chi connectivity index (χ1) is 10.7. The van der Waals surface area contributed by atoms with Crippen LogP contribution in [-0.2, 0) is 4.79 Å². The molecule has 0 radical (unpaired) electrons. The number of hydrogen-bond donors (Lipinski definition) is 0. The van der Waals surface area contributed by atoms with E-state index in [1.54, 1.807) is 24.3 Å². The molecule has 106 valence electrons. The number of fused-ring (bicyclic) bond motifs is 2. The number of carbonyl (C=O) groups is 2. The van der Waals surface area contributed by atoms with Crippen molar-refractivity contribution in [3.63, 3.8) is 0 Å². The van der Waals surface area contributed by atoms with Crippen LogP contribution in [-0.4, -0.2) is 21.7 Å². The lowest BCUT2D eigenvalue weighted by molar-refractivity contribution is -0.131. The van der Waals surface area contributed by atoms with E-state index in [2.05, 4.69) is 9.97 Å². The minimum atomic E-state index is -0.472. The topological polar surface area (TPSA) is 69.2 Å². The smallest absolute Gasteiger partial charge is 0.308 e. The molecule has 0 unspecified atom stereocenters. The minimum Gasteiger partial charge on any atom is -0.426 e. The largest absolute Gasteiger partial charge is 0.426 e. The second-order valence-electron chi connectivity index (χ2n) is 5.02. The normalized spacial score (nSPS) is 12.1. The fourth-order valence-corrected chi connectivity index (χ4v) is 2.83. The van der Waals surface area contributed by atoms with Gasteiger partial charge in [0.25, 0.3) is 0 Å². The molecule has 1 aliphatic carbocycles. The summed E-state index contributed by atoms with van der Waals surface area (Å²) in [6, 6.07) is 10.6. The Labute approximate surface area is 125 Å². The average Bonchev–Trinajstić information content (AvgIpc) is 2.52. The molecule has 1 aromatic heterocycles. The van der Waals surface area contributed by atoms with E-state index in [9.17, 15) is 9.59 Å². The van der Waals surface area contributed by atoms with Crippen molar-refractivity contribution < 1.29 is 14.3 Å². The summed E-state index contributed by atoms with van der Waals surface area (Å²) in [5, 5.41) is 0.630. The Hall–Kier alpha value is -3.08. The lowest BCUT2D eigenvalue weighted by Gasteiger charge is -2.20. The van der Waals surface area contributed by atoms with E-state index in [0.717, 1.165) is 5.56 Å². The van der Waals surface area contributed by atoms with E-state index < -0.39 is 5.97 Å². The number of esters is 1. The van der Waals surface area contributed by atoms with Crippen LogP contribution in [0.3, 0.4) is 0 Å². The number of aromatic nitrogens is 2. The maximum absolute atomic E-state index is 12.8. The second-order valence-corrected chi connectivity index (χ2v) is 5.02. The van der Waals surface area contributed by atoms with Crippen LogP contribution in [0.4, 0.5) is 0 Å². The molecule has 0 N–H and O–H groups in total. The third-order valence-corrected chi connectivity index (χ3v) is 3.67. The first-order valence-electron chi connectivity index (χ1n) is 6.77. The van der Waals surface area contributed by atoms with Crippen LogP contribution >= 0.6 is 0 Å². The van der Waals surface area contributed by atoms with Crippen LogP contribution in [0, 0.1) is 0 Å². The van der Waals surface area contributed by atoms with Gasteiger partial charge in [0, 0.05) is 23.4 Å². The molecule has 0 amide bonds. The van der Waals surface area contributed by atoms with E-state index in [1.165, 1.54) is 13.3 Å². The molecule has 0 saturated carbocycles. The molecule has 5 nitrogen and oxygen atoms in total. The molecule has 0 spiro atoms. The molecular weight excluding hydrogens is 280 g/mol. The average molecular weight is 290 g/mol. The van der Waals surface area contributed by atoms with Gasteiger partial charge >= 0.3 is 5.97 Å². The van der Waals surface area contributed by atoms with Crippen molar-refractivity contribution in [2.45, 2.75) is 6.92 Å². The van der Waals surface area contributed by atoms with E-state index in [-0.39, 0.29) is 11.5 Å². The summed E-state index contributed by atoms with van der Waals surface area (Å²) in [5.41, 5.74) is 3.01. The third-order valence-electron chi connectivity index (χ3n) is 3.67. The van der Waals surface area contributed by atoms with Crippen LogP contribution in [0.5, 0.6) is 5.75 Å². The summed E-state index contributed by atoms with van der Waals surface area (Å²) in [7, 11) is 0. The van der Waals surface area contributed by atoms with Gasteiger partial charge < -0.3 is 4.74 Å². The Balaban J connectivity index is 2.16. The van der Waals surface area contributed by atoms with E-state index in [4.69, 9.17) is 4.74 Å². The van der Waals surface area contributed by atoms with Gasteiger partial charge in [0.05, 0.1) is 16.8 Å². The summed E-state index contributed by atoms with van der Waals surface area (Å²) < 4.78 is 5.20. The molecule has 4 rings (SSSR count). The van der Waals surface area contributed by atoms with Crippen LogP contribution in [0.2, 0.25) is 0 Å². The van der Waals surface area contributed by atoms with Gasteiger partial charge in [-0.3, -0.25) is 9.59 Å². The number of hydrogen-bond acceptors (Lipinski definition) is 5. The fourth-order valence-electron chi connectivity index (χ4n) is 2.83. The van der Waals surface area contributed by atoms with Gasteiger partial charge in [-0.25, -0.2) is 9.97 Å². The molecule has 0 atom stereocenters. The predicted molar refractivity (Wildman–Crippen MR) is 79.7 cm³/mol. The maximum Gasteiger partial charge on any atom is 0.308 e. The molecule has 3 aromatic rings. The van der Waals surface area contributed by atoms with Crippen LogP contribution in [0.15, 0.2) is 42.7 Å². The van der Waals surface area contributed by atoms with Crippen LogP contribution in [0.25, 0.3) is 22.2 Å². The maximum atomic E-state index is 12.8. The van der Waals surface area contributed by atoms with E-state index in [1.807, 2.05) is 12.1 Å². The Morgan fingerprint density at radius 3 is 2.59 bits per heavy atom. The highest BCUT2D eigenvalue weighted by molar-refractivity contribution is 6.26. The molecule has 0 bridgehead atoms. The third kappa shape index (κ3) is 1.65. The molecule has 0 saturated heterocycles. The number of ether oxygens (including phenoxy) is 1. The first kappa shape index (κ1) is 12.6. The van der Waals surface area contributed by atoms with Gasteiger partial charge in [-0.1, -0.05) is 24.3 Å². The van der Waals surface area contributed by atoms with Crippen molar-refractivity contribution in [1.29, 1.82) is 0 Å². The minimum absolute atomic E-state index is 0.181. The molecular formula is C17H10N2O3. The number of carbonyl (C=O) groups excluding carboxylic acids is 2. The first-order valence-corrected chi connectivity index (χ1v) is 6.77. The Kier molecular flexibility index (Phi) is 2.56. The highest BCUT2D eigenvalue weighted by Crippen LogP contribution is 2.40. The van der Waals surface area contributed by atoms with Crippen molar-refractivity contribution in [3.8, 4) is 17.0 Å². The highest BCUT2D eigenvalue weighted by Gasteiger charge is 2.29. The lowest BCUT2D eigenvalue weighted by Crippen LogP contribution is -2.14. The van der Waals surface area contributed by atoms with E-state index >= 15 is 0 Å². The Bertz CT molecular complexity index is 963. The predicted octanol–water partition coefficient (Wildman–Crippen LogP) is 2.77. The zero-order valence-electron chi connectivity index (χ0n) is 11.7. The number of rotatable bonds is 1. The molecule has 5 heteroatoms. The summed E-state index contributed by atoms with van der Waals surface area (Å²) in [6.07, 6.45) is 1.47. The van der Waals surface area contributed by atoms with Gasteiger partial charge in [-0.2, -0.15) is 0 Å². The van der Waals surface area contributed by atoms with Crippen molar-refractivity contribution in [3.05, 3.63) is 53.9 Å². The van der Waals surface area contributed by atoms with Crippen molar-refractivity contribution in [2.24, 2.45) is 0 Å². The monoisotopic (exact) mass is 290 g/mol. The molecule has 0 aliphatic heterocycles. The standard InChI is InChI=1S/C17H10N2O3/c1-9(20)22-13-7-6-12-14-15(13)17(21)11-5-3-2-4-10(11)16(14)19-8-18-12/h2-8H,1H3. The zero-order chi connectivity index (χ0) is 15.3. The molecule has 0 fully saturated rings. The van der Waals surface area contributed by atoms with Crippen molar-refractivity contribution in [2.75, 3.05) is 0 Å². The highest BCUT2D eigenvalue weighted by atomic mass is 16.5. The SMILES string of the molecule is CC(=O)Oc1ccc2ncnc3c2c1C(=O)c1ccccc1-3. The van der Waals surface area contributed by atoms with E-state index in [0.29, 0.717) is 27.7 Å². The number of ketones is 1. The van der Waals surface area contributed by atoms with Gasteiger partial charge in [0.15, 0.2) is 5.78 Å². The Morgan fingerprint density at radius 2 is 1.82 bits per heavy atom. The molecule has 22 heavy (non-hydrogen) atoms. The summed E-state index contributed by atoms with van der Waals surface area (Å²) in [4.78, 5) is 32.7. The van der Waals surface area contributed by atoms with Gasteiger partial charge in [-0.05, 0) is 12.1 Å². The Morgan fingerprint density at radius 1 is 1.05 bits per heavy atom. The van der Waals surface area contributed by atoms with Crippen LogP contribution < -0.4 is 4.74 Å². The summed E-state index contributed by atoms with van der Waals surface area (Å²) in [6.45, 7) is 1.31. The fraction of sp³-hybridized carbons (Fsp3) is 0.0588. The molecule has 1 heterocycles. The van der Waals surface area contributed by atoms with Crippen molar-refractivity contribution in [1.82, 2.24) is 9.97 Å². The number of nitrogens with zero attached hydrogens (tertiary/aromatic N) is 2. The molecule has 2 aromatic carbocycles. The summed E-state index contributed by atoms with van der Waals surface area (Å²) >= 11 is 0. The number of benzene rings is 2. The van der Waals surface area contributed by atoms with Gasteiger partial charge in [0.1, 0.15) is 12.1 Å². The molecule has 1 aliphatic rings. The van der Waals surface area contributed by atoms with Crippen molar-refractivity contribution >= 4 is 22.7 Å². The van der Waals surface area contributed by atoms with Gasteiger partial charge in [0.2, 0.25) is 0 Å². The summed E-state index contributed by atoms with van der Waals surface area (Å²) in [5.74, 6) is -0.407. The zero-order valence-corrected chi connectivity index (χ0v) is 11.7.